The second-order valence-electron chi connectivity index (χ2n) is 14.6. The zero-order valence-corrected chi connectivity index (χ0v) is 32.0. The van der Waals surface area contributed by atoms with E-state index in [1.54, 1.807) is 19.1 Å². The molecule has 0 N–H and O–H groups in total. The van der Waals surface area contributed by atoms with Gasteiger partial charge in [-0.25, -0.2) is 0 Å². The Labute approximate surface area is 292 Å². The van der Waals surface area contributed by atoms with Crippen molar-refractivity contribution in [2.45, 2.75) is 189 Å². The van der Waals surface area contributed by atoms with Crippen LogP contribution in [-0.2, 0) is 0 Å². The van der Waals surface area contributed by atoms with Crippen LogP contribution in [0.1, 0.15) is 198 Å². The van der Waals surface area contributed by atoms with Crippen molar-refractivity contribution in [3.05, 3.63) is 47.5 Å². The van der Waals surface area contributed by atoms with Gasteiger partial charge in [0.1, 0.15) is 0 Å². The first-order chi connectivity index (χ1) is 22.9. The second-order valence-corrected chi connectivity index (χ2v) is 14.6. The van der Waals surface area contributed by atoms with Gasteiger partial charge in [-0.05, 0) is 74.6 Å². The van der Waals surface area contributed by atoms with E-state index in [0.29, 0.717) is 5.56 Å². The molecule has 3 nitrogen and oxygen atoms in total. The highest BCUT2D eigenvalue weighted by molar-refractivity contribution is 6.04. The molecule has 0 saturated heterocycles. The van der Waals surface area contributed by atoms with Gasteiger partial charge in [0.15, 0.2) is 0 Å². The van der Waals surface area contributed by atoms with Gasteiger partial charge in [0.2, 0.25) is 0 Å². The molecular formula is C44H77NO2. The number of hydrogen-bond donors (Lipinski definition) is 0. The summed E-state index contributed by atoms with van der Waals surface area (Å²) in [6.45, 7) is 17.0. The van der Waals surface area contributed by atoms with E-state index in [4.69, 9.17) is 0 Å². The number of nitrogens with zero attached hydrogens (tertiary/aromatic N) is 1. The predicted octanol–water partition coefficient (Wildman–Crippen LogP) is 12.8. The lowest BCUT2D eigenvalue weighted by atomic mass is 10.00. The van der Waals surface area contributed by atoms with Crippen molar-refractivity contribution in [1.82, 2.24) is 0 Å². The van der Waals surface area contributed by atoms with Crippen molar-refractivity contribution in [3.63, 3.8) is 0 Å². The summed E-state index contributed by atoms with van der Waals surface area (Å²) in [7, 11) is 0. The molecule has 0 amide bonds. The molecule has 3 heteroatoms. The number of unbranched alkanes of at least 4 members (excludes halogenated alkanes) is 20. The van der Waals surface area contributed by atoms with E-state index in [1.807, 2.05) is 24.3 Å². The number of aromatic carboxylic acids is 1. The van der Waals surface area contributed by atoms with Crippen LogP contribution in [0.3, 0.4) is 0 Å². The summed E-state index contributed by atoms with van der Waals surface area (Å²) >= 11 is 0. The van der Waals surface area contributed by atoms with Crippen LogP contribution < -0.4 is 5.11 Å². The number of aryl methyl sites for hydroxylation is 1. The zero-order chi connectivity index (χ0) is 34.4. The van der Waals surface area contributed by atoms with Crippen LogP contribution in [-0.4, -0.2) is 36.6 Å². The fourth-order valence-electron chi connectivity index (χ4n) is 7.23. The third kappa shape index (κ3) is 20.3. The predicted molar refractivity (Wildman–Crippen MR) is 206 cm³/mol. The molecule has 2 aromatic rings. The van der Waals surface area contributed by atoms with Gasteiger partial charge in [0.05, 0.1) is 32.1 Å². The minimum atomic E-state index is -1.11. The lowest BCUT2D eigenvalue weighted by Crippen LogP contribution is -2.50. The summed E-state index contributed by atoms with van der Waals surface area (Å²) < 4.78 is 1.48. The van der Waals surface area contributed by atoms with Gasteiger partial charge in [-0.3, -0.25) is 0 Å². The van der Waals surface area contributed by atoms with E-state index in [-0.39, 0.29) is 0 Å². The molecule has 0 aromatic heterocycles. The van der Waals surface area contributed by atoms with Gasteiger partial charge >= 0.3 is 0 Å². The van der Waals surface area contributed by atoms with Gasteiger partial charge in [0.25, 0.3) is 0 Å². The first-order valence-corrected chi connectivity index (χ1v) is 20.5. The van der Waals surface area contributed by atoms with E-state index in [2.05, 4.69) is 27.7 Å². The minimum Gasteiger partial charge on any atom is -0.545 e. The molecule has 0 unspecified atom stereocenters. The Hall–Kier alpha value is -1.87. The smallest absolute Gasteiger partial charge is 0.0786 e. The Bertz CT molecular complexity index is 946. The molecule has 0 bridgehead atoms. The fourth-order valence-corrected chi connectivity index (χ4v) is 7.23. The topological polar surface area (TPSA) is 40.1 Å². The van der Waals surface area contributed by atoms with Crippen molar-refractivity contribution < 1.29 is 14.4 Å². The summed E-state index contributed by atoms with van der Waals surface area (Å²) in [4.78, 5) is 10.9. The largest absolute Gasteiger partial charge is 0.545 e. The number of rotatable bonds is 29. The maximum Gasteiger partial charge on any atom is 0.0786 e. The van der Waals surface area contributed by atoms with Gasteiger partial charge in [0, 0.05) is 5.56 Å². The molecular weight excluding hydrogens is 574 g/mol. The summed E-state index contributed by atoms with van der Waals surface area (Å²) in [6, 6.07) is 11.1. The van der Waals surface area contributed by atoms with Gasteiger partial charge in [-0.1, -0.05) is 167 Å². The Kier molecular flexibility index (Phi) is 26.7. The van der Waals surface area contributed by atoms with Crippen LogP contribution >= 0.6 is 0 Å². The molecule has 0 aliphatic rings. The highest BCUT2D eigenvalue weighted by Crippen LogP contribution is 2.22. The fraction of sp³-hybridized carbons (Fsp3) is 0.750. The van der Waals surface area contributed by atoms with Crippen LogP contribution in [0, 0.1) is 6.92 Å². The summed E-state index contributed by atoms with van der Waals surface area (Å²) in [5, 5.41) is 12.6. The van der Waals surface area contributed by atoms with Crippen LogP contribution in [0.5, 0.6) is 0 Å². The average molecular weight is 652 g/mol. The van der Waals surface area contributed by atoms with E-state index in [0.717, 1.165) is 16.3 Å². The Morgan fingerprint density at radius 1 is 0.489 bits per heavy atom. The second kappa shape index (κ2) is 29.1. The number of fused-ring (bicyclic) bond motifs is 1. The van der Waals surface area contributed by atoms with Gasteiger partial charge in [-0.2, -0.15) is 0 Å². The highest BCUT2D eigenvalue weighted by atomic mass is 16.4. The quantitative estimate of drug-likeness (QED) is 0.0648. The van der Waals surface area contributed by atoms with Crippen molar-refractivity contribution in [2.24, 2.45) is 0 Å². The first-order valence-electron chi connectivity index (χ1n) is 20.5. The van der Waals surface area contributed by atoms with Crippen molar-refractivity contribution in [2.75, 3.05) is 26.2 Å². The molecule has 270 valence electrons. The molecule has 0 atom stereocenters. The number of carbonyl (C=O) groups is 1. The monoisotopic (exact) mass is 652 g/mol. The molecule has 0 aliphatic carbocycles. The molecule has 0 aliphatic heterocycles. The number of carbonyl (C=O) groups excluding carboxylic acids is 1. The van der Waals surface area contributed by atoms with Crippen LogP contribution in [0.15, 0.2) is 36.4 Å². The van der Waals surface area contributed by atoms with Crippen molar-refractivity contribution in [1.29, 1.82) is 0 Å². The van der Waals surface area contributed by atoms with Crippen molar-refractivity contribution >= 4 is 16.7 Å². The third-order valence-electron chi connectivity index (χ3n) is 10.3. The third-order valence-corrected chi connectivity index (χ3v) is 10.3. The van der Waals surface area contributed by atoms with Gasteiger partial charge in [-0.15, -0.1) is 0 Å². The lowest BCUT2D eigenvalue weighted by molar-refractivity contribution is -0.929. The zero-order valence-electron chi connectivity index (χ0n) is 32.0. The standard InChI is InChI=1S/C32H68N.C12H10O2/c1-5-9-13-17-21-25-29-33(30-26-22-18-14-10-6-2,31-27-23-19-15-11-7-3)32-28-24-20-16-12-8-4;1-8-6-7-9-4-2-3-5-10(9)11(8)12(13)14/h5-32H2,1-4H3;2-7H,1H3,(H,13,14)/q+1;/p-1. The molecule has 0 fully saturated rings. The molecule has 2 aromatic carbocycles. The Morgan fingerprint density at radius 2 is 0.830 bits per heavy atom. The number of benzene rings is 2. The van der Waals surface area contributed by atoms with Crippen LogP contribution in [0.2, 0.25) is 0 Å². The van der Waals surface area contributed by atoms with Crippen LogP contribution in [0.25, 0.3) is 10.8 Å². The minimum absolute atomic E-state index is 0.295. The van der Waals surface area contributed by atoms with E-state index in [9.17, 15) is 9.90 Å². The molecule has 2 rings (SSSR count). The summed E-state index contributed by atoms with van der Waals surface area (Å²) in [6.07, 6.45) is 34.8. The first kappa shape index (κ1) is 43.2. The number of quaternary nitrogens is 1. The maximum absolute atomic E-state index is 10.9. The maximum atomic E-state index is 10.9. The van der Waals surface area contributed by atoms with Crippen molar-refractivity contribution in [3.8, 4) is 0 Å². The number of carboxylic acids is 1. The SMILES string of the molecule is CCCCCCCC[N+](CCCCCCCC)(CCCCCCCC)CCCCCCCC.Cc1ccc2ccccc2c1C(=O)[O-]. The lowest BCUT2D eigenvalue weighted by Gasteiger charge is -2.40. The van der Waals surface area contributed by atoms with Crippen LogP contribution in [0.4, 0.5) is 0 Å². The number of hydrogen-bond acceptors (Lipinski definition) is 2. The normalized spacial score (nSPS) is 11.5. The highest BCUT2D eigenvalue weighted by Gasteiger charge is 2.25. The Balaban J connectivity index is 0.000000644. The van der Waals surface area contributed by atoms with E-state index < -0.39 is 5.97 Å². The summed E-state index contributed by atoms with van der Waals surface area (Å²) in [5.74, 6) is -1.11. The Morgan fingerprint density at radius 3 is 1.19 bits per heavy atom. The summed E-state index contributed by atoms with van der Waals surface area (Å²) in [5.41, 5.74) is 1.03. The van der Waals surface area contributed by atoms with E-state index >= 15 is 0 Å². The average Bonchev–Trinajstić information content (AvgIpc) is 3.07. The molecule has 0 spiro atoms. The van der Waals surface area contributed by atoms with Gasteiger partial charge < -0.3 is 14.4 Å². The van der Waals surface area contributed by atoms with E-state index in [1.165, 1.54) is 185 Å². The molecule has 0 radical (unpaired) electrons. The molecule has 0 saturated carbocycles. The molecule has 0 heterocycles. The molecule has 47 heavy (non-hydrogen) atoms. The number of carboxylic acid groups (broad SMARTS) is 1.